The second-order valence-electron chi connectivity index (χ2n) is 6.15. The Balaban J connectivity index is 2.02. The molecule has 4 nitrogen and oxygen atoms in total. The summed E-state index contributed by atoms with van der Waals surface area (Å²) in [5, 5.41) is 3.01. The molecular weight excluding hydrogens is 353 g/mol. The molecular formula is C14H16ClF3N2O2S. The number of nitrogens with zero attached hydrogens (tertiary/aromatic N) is 1. The quantitative estimate of drug-likeness (QED) is 0.873. The smallest absolute Gasteiger partial charge is 0.315 e. The minimum absolute atomic E-state index is 0.131. The van der Waals surface area contributed by atoms with Gasteiger partial charge >= 0.3 is 6.18 Å². The molecule has 1 aliphatic carbocycles. The van der Waals surface area contributed by atoms with Crippen LogP contribution in [0.3, 0.4) is 0 Å². The standard InChI is InChI=1S/C14H16ClF3N2O2S/c15-10-1-2-12(11(7-10)14(16,17)18)23(21,22)20-6-5-19-8-13(9-20)3-4-13/h1-2,7,19H,3-6,8-9H2. The molecule has 2 aliphatic rings. The molecule has 23 heavy (non-hydrogen) atoms. The van der Waals surface area contributed by atoms with E-state index in [4.69, 9.17) is 11.6 Å². The number of halogens is 4. The van der Waals surface area contributed by atoms with Crippen molar-refractivity contribution in [1.29, 1.82) is 0 Å². The lowest BCUT2D eigenvalue weighted by molar-refractivity contribution is -0.139. The zero-order valence-corrected chi connectivity index (χ0v) is 13.7. The Morgan fingerprint density at radius 2 is 1.96 bits per heavy atom. The molecule has 1 N–H and O–H groups in total. The van der Waals surface area contributed by atoms with E-state index in [1.165, 1.54) is 10.4 Å². The summed E-state index contributed by atoms with van der Waals surface area (Å²) < 4.78 is 66.4. The number of sulfonamides is 1. The molecule has 1 saturated carbocycles. The number of hydrogen-bond donors (Lipinski definition) is 1. The number of rotatable bonds is 2. The number of nitrogens with one attached hydrogen (secondary N) is 1. The van der Waals surface area contributed by atoms with E-state index in [0.29, 0.717) is 19.2 Å². The van der Waals surface area contributed by atoms with Crippen molar-refractivity contribution in [2.75, 3.05) is 26.2 Å². The molecule has 128 valence electrons. The molecule has 0 amide bonds. The van der Waals surface area contributed by atoms with Crippen LogP contribution in [-0.2, 0) is 16.2 Å². The second kappa shape index (κ2) is 5.61. The van der Waals surface area contributed by atoms with Crippen LogP contribution in [0.2, 0.25) is 5.02 Å². The summed E-state index contributed by atoms with van der Waals surface area (Å²) in [7, 11) is -4.23. The average molecular weight is 369 g/mol. The van der Waals surface area contributed by atoms with Gasteiger partial charge in [0, 0.05) is 31.2 Å². The summed E-state index contributed by atoms with van der Waals surface area (Å²) in [5.74, 6) is 0. The molecule has 0 atom stereocenters. The van der Waals surface area contributed by atoms with Gasteiger partial charge in [-0.15, -0.1) is 0 Å². The summed E-state index contributed by atoms with van der Waals surface area (Å²) >= 11 is 5.62. The first-order chi connectivity index (χ1) is 10.6. The van der Waals surface area contributed by atoms with Gasteiger partial charge in [-0.1, -0.05) is 11.6 Å². The fourth-order valence-electron chi connectivity index (χ4n) is 2.87. The van der Waals surface area contributed by atoms with Crippen molar-refractivity contribution >= 4 is 21.6 Å². The maximum atomic E-state index is 13.2. The van der Waals surface area contributed by atoms with Crippen LogP contribution in [0, 0.1) is 5.41 Å². The van der Waals surface area contributed by atoms with Crippen molar-refractivity contribution in [3.63, 3.8) is 0 Å². The van der Waals surface area contributed by atoms with Gasteiger partial charge < -0.3 is 5.32 Å². The second-order valence-corrected chi connectivity index (χ2v) is 8.50. The summed E-state index contributed by atoms with van der Waals surface area (Å²) in [6.07, 6.45) is -3.01. The van der Waals surface area contributed by atoms with E-state index in [-0.39, 0.29) is 23.5 Å². The van der Waals surface area contributed by atoms with Gasteiger partial charge in [-0.05, 0) is 36.5 Å². The minimum atomic E-state index is -4.78. The maximum Gasteiger partial charge on any atom is 0.417 e. The summed E-state index contributed by atoms with van der Waals surface area (Å²) in [5.41, 5.74) is -1.35. The third kappa shape index (κ3) is 3.35. The van der Waals surface area contributed by atoms with Crippen molar-refractivity contribution in [2.24, 2.45) is 5.41 Å². The zero-order chi connectivity index (χ0) is 16.9. The first-order valence-electron chi connectivity index (χ1n) is 7.22. The molecule has 9 heteroatoms. The first-order valence-corrected chi connectivity index (χ1v) is 9.04. The van der Waals surface area contributed by atoms with Crippen LogP contribution in [0.25, 0.3) is 0 Å². The maximum absolute atomic E-state index is 13.2. The van der Waals surface area contributed by atoms with Gasteiger partial charge in [0.2, 0.25) is 10.0 Å². The molecule has 0 unspecified atom stereocenters. The number of alkyl halides is 3. The Kier molecular flexibility index (Phi) is 4.15. The Morgan fingerprint density at radius 1 is 1.26 bits per heavy atom. The highest BCUT2D eigenvalue weighted by Crippen LogP contribution is 2.47. The monoisotopic (exact) mass is 368 g/mol. The molecule has 1 heterocycles. The van der Waals surface area contributed by atoms with Crippen LogP contribution in [-0.4, -0.2) is 38.9 Å². The van der Waals surface area contributed by atoms with E-state index in [9.17, 15) is 21.6 Å². The Bertz CT molecular complexity index is 717. The predicted octanol–water partition coefficient (Wildman–Crippen LogP) is 2.73. The minimum Gasteiger partial charge on any atom is -0.315 e. The molecule has 2 fully saturated rings. The van der Waals surface area contributed by atoms with Crippen LogP contribution in [0.4, 0.5) is 13.2 Å². The van der Waals surface area contributed by atoms with Gasteiger partial charge in [0.1, 0.15) is 0 Å². The predicted molar refractivity (Wildman–Crippen MR) is 79.7 cm³/mol. The van der Waals surface area contributed by atoms with Gasteiger partial charge in [0.05, 0.1) is 10.5 Å². The zero-order valence-electron chi connectivity index (χ0n) is 12.2. The lowest BCUT2D eigenvalue weighted by Crippen LogP contribution is -2.37. The average Bonchev–Trinajstić information content (AvgIpc) is 3.24. The van der Waals surface area contributed by atoms with E-state index >= 15 is 0 Å². The Labute approximate surface area is 137 Å². The summed E-state index contributed by atoms with van der Waals surface area (Å²) in [4.78, 5) is -0.730. The van der Waals surface area contributed by atoms with Crippen LogP contribution in [0.15, 0.2) is 23.1 Å². The molecule has 1 spiro atoms. The normalized spacial score (nSPS) is 22.1. The van der Waals surface area contributed by atoms with Crippen molar-refractivity contribution in [2.45, 2.75) is 23.9 Å². The van der Waals surface area contributed by atoms with Crippen LogP contribution >= 0.6 is 11.6 Å². The fraction of sp³-hybridized carbons (Fsp3) is 0.571. The highest BCUT2D eigenvalue weighted by molar-refractivity contribution is 7.89. The highest BCUT2D eigenvalue weighted by atomic mass is 35.5. The molecule has 1 saturated heterocycles. The van der Waals surface area contributed by atoms with E-state index in [1.54, 1.807) is 0 Å². The van der Waals surface area contributed by atoms with Crippen molar-refractivity contribution in [1.82, 2.24) is 9.62 Å². The van der Waals surface area contributed by atoms with Gasteiger partial charge in [0.25, 0.3) is 0 Å². The summed E-state index contributed by atoms with van der Waals surface area (Å²) in [6, 6.07) is 2.78. The van der Waals surface area contributed by atoms with Crippen LogP contribution in [0.1, 0.15) is 18.4 Å². The lowest BCUT2D eigenvalue weighted by atomic mass is 10.1. The molecule has 1 aliphatic heterocycles. The molecule has 1 aromatic rings. The van der Waals surface area contributed by atoms with E-state index in [1.807, 2.05) is 0 Å². The Morgan fingerprint density at radius 3 is 2.57 bits per heavy atom. The first kappa shape index (κ1) is 17.0. The number of hydrogen-bond acceptors (Lipinski definition) is 3. The van der Waals surface area contributed by atoms with Crippen molar-refractivity contribution < 1.29 is 21.6 Å². The van der Waals surface area contributed by atoms with Crippen LogP contribution in [0.5, 0.6) is 0 Å². The highest BCUT2D eigenvalue weighted by Gasteiger charge is 2.48. The van der Waals surface area contributed by atoms with E-state index in [2.05, 4.69) is 5.32 Å². The van der Waals surface area contributed by atoms with Gasteiger partial charge in [-0.2, -0.15) is 17.5 Å². The molecule has 0 bridgehead atoms. The SMILES string of the molecule is O=S(=O)(c1ccc(Cl)cc1C(F)(F)F)N1CCNCC2(CC2)C1. The van der Waals surface area contributed by atoms with E-state index in [0.717, 1.165) is 18.9 Å². The molecule has 1 aromatic carbocycles. The van der Waals surface area contributed by atoms with Crippen molar-refractivity contribution in [3.05, 3.63) is 28.8 Å². The molecule has 0 aromatic heterocycles. The van der Waals surface area contributed by atoms with E-state index < -0.39 is 26.7 Å². The Hall–Kier alpha value is -0.830. The lowest BCUT2D eigenvalue weighted by Gasteiger charge is -2.25. The topological polar surface area (TPSA) is 49.4 Å². The fourth-order valence-corrected chi connectivity index (χ4v) is 4.79. The summed E-state index contributed by atoms with van der Waals surface area (Å²) in [6.45, 7) is 1.54. The van der Waals surface area contributed by atoms with Gasteiger partial charge in [-0.25, -0.2) is 8.42 Å². The van der Waals surface area contributed by atoms with Gasteiger partial charge in [-0.3, -0.25) is 0 Å². The molecule has 3 rings (SSSR count). The van der Waals surface area contributed by atoms with Crippen molar-refractivity contribution in [3.8, 4) is 0 Å². The van der Waals surface area contributed by atoms with Gasteiger partial charge in [0.15, 0.2) is 0 Å². The largest absolute Gasteiger partial charge is 0.417 e. The molecule has 0 radical (unpaired) electrons. The third-order valence-electron chi connectivity index (χ3n) is 4.37. The number of benzene rings is 1. The third-order valence-corrected chi connectivity index (χ3v) is 6.51. The van der Waals surface area contributed by atoms with Crippen LogP contribution < -0.4 is 5.32 Å².